The van der Waals surface area contributed by atoms with E-state index < -0.39 is 0 Å². The minimum Gasteiger partial charge on any atom is -0.493 e. The van der Waals surface area contributed by atoms with Gasteiger partial charge in [0.1, 0.15) is 5.01 Å². The van der Waals surface area contributed by atoms with Gasteiger partial charge >= 0.3 is 0 Å². The third-order valence-electron chi connectivity index (χ3n) is 2.34. The summed E-state index contributed by atoms with van der Waals surface area (Å²) in [7, 11) is 0. The molecule has 0 amide bonds. The van der Waals surface area contributed by atoms with Gasteiger partial charge in [0.05, 0.1) is 10.6 Å². The normalized spacial score (nSPS) is 33.1. The lowest BCUT2D eigenvalue weighted by Crippen LogP contribution is -2.21. The molecule has 0 bridgehead atoms. The van der Waals surface area contributed by atoms with Crippen molar-refractivity contribution in [3.63, 3.8) is 0 Å². The Labute approximate surface area is 96.5 Å². The van der Waals surface area contributed by atoms with Crippen LogP contribution in [0.1, 0.15) is 24.1 Å². The smallest absolute Gasteiger partial charge is 0.222 e. The van der Waals surface area contributed by atoms with Gasteiger partial charge in [-0.1, -0.05) is 13.8 Å². The highest BCUT2D eigenvalue weighted by molar-refractivity contribution is 8.07. The average molecular weight is 247 g/mol. The van der Waals surface area contributed by atoms with Crippen molar-refractivity contribution in [2.24, 2.45) is 0 Å². The summed E-state index contributed by atoms with van der Waals surface area (Å²) in [5.41, 5.74) is 0. The first-order chi connectivity index (χ1) is 6.66. The molecule has 1 aliphatic heterocycles. The second kappa shape index (κ2) is 4.33. The summed E-state index contributed by atoms with van der Waals surface area (Å²) in [5, 5.41) is 13.8. The van der Waals surface area contributed by atoms with Crippen molar-refractivity contribution in [2.45, 2.75) is 29.6 Å². The fourth-order valence-electron chi connectivity index (χ4n) is 1.34. The third kappa shape index (κ3) is 2.20. The maximum absolute atomic E-state index is 9.18. The Balaban J connectivity index is 2.06. The van der Waals surface area contributed by atoms with Gasteiger partial charge in [-0.25, -0.2) is 4.98 Å². The van der Waals surface area contributed by atoms with Crippen LogP contribution in [0.25, 0.3) is 0 Å². The Morgan fingerprint density at radius 2 is 2.21 bits per heavy atom. The van der Waals surface area contributed by atoms with Crippen LogP contribution in [0, 0.1) is 0 Å². The van der Waals surface area contributed by atoms with Gasteiger partial charge < -0.3 is 5.11 Å². The Morgan fingerprint density at radius 3 is 2.79 bits per heavy atom. The van der Waals surface area contributed by atoms with Crippen molar-refractivity contribution < 1.29 is 5.11 Å². The Kier molecular flexibility index (Phi) is 3.29. The van der Waals surface area contributed by atoms with E-state index in [9.17, 15) is 5.11 Å². The predicted molar refractivity (Wildman–Crippen MR) is 65.5 cm³/mol. The number of aromatic nitrogens is 1. The third-order valence-corrected chi connectivity index (χ3v) is 6.83. The minimum absolute atomic E-state index is 0.168. The van der Waals surface area contributed by atoms with Crippen LogP contribution in [0.5, 0.6) is 5.88 Å². The summed E-state index contributed by atoms with van der Waals surface area (Å²) in [6.45, 7) is 4.54. The van der Waals surface area contributed by atoms with Gasteiger partial charge in [-0.05, 0) is 0 Å². The molecule has 0 saturated carbocycles. The van der Waals surface area contributed by atoms with Gasteiger partial charge in [0.25, 0.3) is 0 Å². The molecule has 2 nitrogen and oxygen atoms in total. The van der Waals surface area contributed by atoms with E-state index in [-0.39, 0.29) is 5.88 Å². The molecule has 5 heteroatoms. The molecular weight excluding hydrogens is 234 g/mol. The maximum atomic E-state index is 9.18. The standard InChI is InChI=1S/C9H13NOS3/c1-5-6(2)14-7(3-12-5)9-10-8(11)4-13-9/h4-7,11H,3H2,1-2H3. The first-order valence-corrected chi connectivity index (χ1v) is 7.45. The first-order valence-electron chi connectivity index (χ1n) is 4.58. The van der Waals surface area contributed by atoms with E-state index in [4.69, 9.17) is 0 Å². The topological polar surface area (TPSA) is 33.1 Å². The molecule has 0 spiro atoms. The molecule has 0 aliphatic carbocycles. The quantitative estimate of drug-likeness (QED) is 0.826. The summed E-state index contributed by atoms with van der Waals surface area (Å²) in [6.07, 6.45) is 0. The second-order valence-electron chi connectivity index (χ2n) is 3.41. The lowest BCUT2D eigenvalue weighted by atomic mass is 10.4. The van der Waals surface area contributed by atoms with Crippen molar-refractivity contribution >= 4 is 34.9 Å². The van der Waals surface area contributed by atoms with Crippen LogP contribution in [-0.2, 0) is 0 Å². The molecular formula is C9H13NOS3. The molecule has 1 aromatic heterocycles. The summed E-state index contributed by atoms with van der Waals surface area (Å²) in [6, 6.07) is 0. The van der Waals surface area contributed by atoms with Crippen LogP contribution in [0.2, 0.25) is 0 Å². The van der Waals surface area contributed by atoms with E-state index in [0.29, 0.717) is 10.5 Å². The zero-order valence-corrected chi connectivity index (χ0v) is 10.6. The van der Waals surface area contributed by atoms with Crippen LogP contribution in [-0.4, -0.2) is 26.3 Å². The fourth-order valence-corrected chi connectivity index (χ4v) is 5.23. The monoisotopic (exact) mass is 247 g/mol. The van der Waals surface area contributed by atoms with Gasteiger partial charge in [0, 0.05) is 16.3 Å². The second-order valence-corrected chi connectivity index (χ2v) is 7.30. The number of hydrogen-bond donors (Lipinski definition) is 1. The van der Waals surface area contributed by atoms with Gasteiger partial charge in [-0.15, -0.1) is 23.1 Å². The zero-order chi connectivity index (χ0) is 10.1. The van der Waals surface area contributed by atoms with E-state index in [1.165, 1.54) is 0 Å². The summed E-state index contributed by atoms with van der Waals surface area (Å²) >= 11 is 5.54. The highest BCUT2D eigenvalue weighted by Gasteiger charge is 2.28. The molecule has 1 N–H and O–H groups in total. The van der Waals surface area contributed by atoms with Crippen molar-refractivity contribution in [3.05, 3.63) is 10.4 Å². The Morgan fingerprint density at radius 1 is 1.43 bits per heavy atom. The van der Waals surface area contributed by atoms with Crippen molar-refractivity contribution in [1.29, 1.82) is 0 Å². The SMILES string of the molecule is CC1SCC(c2nc(O)cs2)SC1C. The van der Waals surface area contributed by atoms with Gasteiger partial charge in [-0.3, -0.25) is 0 Å². The van der Waals surface area contributed by atoms with E-state index >= 15 is 0 Å². The van der Waals surface area contributed by atoms with E-state index in [1.54, 1.807) is 16.7 Å². The zero-order valence-electron chi connectivity index (χ0n) is 8.14. The summed E-state index contributed by atoms with van der Waals surface area (Å²) < 4.78 is 0. The van der Waals surface area contributed by atoms with Crippen molar-refractivity contribution in [2.75, 3.05) is 5.75 Å². The van der Waals surface area contributed by atoms with E-state index in [0.717, 1.165) is 16.0 Å². The fraction of sp³-hybridized carbons (Fsp3) is 0.667. The number of rotatable bonds is 1. The van der Waals surface area contributed by atoms with Crippen LogP contribution < -0.4 is 0 Å². The van der Waals surface area contributed by atoms with Gasteiger partial charge in [0.2, 0.25) is 5.88 Å². The molecule has 1 aliphatic rings. The Hall–Kier alpha value is 0.130. The highest BCUT2D eigenvalue weighted by Crippen LogP contribution is 2.45. The molecule has 2 rings (SSSR count). The molecule has 3 atom stereocenters. The van der Waals surface area contributed by atoms with Crippen LogP contribution >= 0.6 is 34.9 Å². The molecule has 1 aromatic rings. The number of nitrogens with zero attached hydrogens (tertiary/aromatic N) is 1. The van der Waals surface area contributed by atoms with Crippen LogP contribution in [0.4, 0.5) is 0 Å². The Bertz CT molecular complexity index is 315. The highest BCUT2D eigenvalue weighted by atomic mass is 32.2. The van der Waals surface area contributed by atoms with Crippen LogP contribution in [0.3, 0.4) is 0 Å². The van der Waals surface area contributed by atoms with Crippen molar-refractivity contribution in [1.82, 2.24) is 4.98 Å². The van der Waals surface area contributed by atoms with Gasteiger partial charge in [-0.2, -0.15) is 11.8 Å². The first kappa shape index (κ1) is 10.6. The number of thiazole rings is 1. The maximum Gasteiger partial charge on any atom is 0.222 e. The molecule has 14 heavy (non-hydrogen) atoms. The summed E-state index contributed by atoms with van der Waals surface area (Å²) in [5.74, 6) is 1.28. The lowest BCUT2D eigenvalue weighted by Gasteiger charge is -2.29. The van der Waals surface area contributed by atoms with E-state index in [1.807, 2.05) is 23.5 Å². The number of thioether (sulfide) groups is 2. The molecule has 1 fully saturated rings. The molecule has 0 aromatic carbocycles. The van der Waals surface area contributed by atoms with E-state index in [2.05, 4.69) is 18.8 Å². The molecule has 0 radical (unpaired) electrons. The lowest BCUT2D eigenvalue weighted by molar-refractivity contribution is 0.456. The predicted octanol–water partition coefficient (Wildman–Crippen LogP) is 3.15. The van der Waals surface area contributed by atoms with Crippen molar-refractivity contribution in [3.8, 4) is 5.88 Å². The number of aromatic hydroxyl groups is 1. The summed E-state index contributed by atoms with van der Waals surface area (Å²) in [4.78, 5) is 4.13. The van der Waals surface area contributed by atoms with Gasteiger partial charge in [0.15, 0.2) is 0 Å². The molecule has 3 unspecified atom stereocenters. The number of hydrogen-bond acceptors (Lipinski definition) is 5. The molecule has 2 heterocycles. The molecule has 78 valence electrons. The molecule has 1 saturated heterocycles. The largest absolute Gasteiger partial charge is 0.493 e. The minimum atomic E-state index is 0.168. The van der Waals surface area contributed by atoms with Crippen LogP contribution in [0.15, 0.2) is 5.38 Å². The average Bonchev–Trinajstić information content (AvgIpc) is 2.57.